The number of likely N-dealkylation sites (tertiary alicyclic amines) is 1. The number of hydrogen-bond acceptors (Lipinski definition) is 4. The van der Waals surface area contributed by atoms with Crippen molar-refractivity contribution in [2.75, 3.05) is 6.54 Å². The Balaban J connectivity index is 2.67. The average molecular weight is 403 g/mol. The van der Waals surface area contributed by atoms with Gasteiger partial charge in [0.15, 0.2) is 0 Å². The van der Waals surface area contributed by atoms with Gasteiger partial charge < -0.3 is 14.2 Å². The van der Waals surface area contributed by atoms with E-state index in [1.54, 1.807) is 0 Å². The third-order valence-corrected chi connectivity index (χ3v) is 6.71. The lowest BCUT2D eigenvalue weighted by Crippen LogP contribution is -2.46. The zero-order chi connectivity index (χ0) is 21.2. The van der Waals surface area contributed by atoms with E-state index in [2.05, 4.69) is 32.4 Å². The number of nitrogens with zero attached hydrogens (tertiary/aromatic N) is 1. The van der Waals surface area contributed by atoms with E-state index in [9.17, 15) is 9.35 Å². The Morgan fingerprint density at radius 3 is 2.26 bits per heavy atom. The molecule has 0 bridgehead atoms. The molecule has 1 saturated heterocycles. The highest BCUT2D eigenvalue weighted by molar-refractivity contribution is 7.90. The van der Waals surface area contributed by atoms with Gasteiger partial charge in [-0.25, -0.2) is 4.79 Å². The number of carbonyl (C=O) groups is 1. The van der Waals surface area contributed by atoms with E-state index < -0.39 is 17.0 Å². The topological polar surface area (TPSA) is 64.6 Å². The lowest BCUT2D eigenvalue weighted by Gasteiger charge is -2.33. The number of ether oxygens (including phenoxy) is 1. The van der Waals surface area contributed by atoms with Gasteiger partial charge in [-0.3, -0.25) is 0 Å². The van der Waals surface area contributed by atoms with Crippen molar-refractivity contribution < 1.29 is 14.1 Å². The van der Waals surface area contributed by atoms with E-state index >= 15 is 0 Å². The van der Waals surface area contributed by atoms with Crippen LogP contribution in [0.1, 0.15) is 88.5 Å². The Morgan fingerprint density at radius 1 is 1.26 bits per heavy atom. The molecule has 1 aliphatic rings. The fourth-order valence-electron chi connectivity index (χ4n) is 3.48. The Labute approximate surface area is 170 Å². The molecule has 5 nitrogen and oxygen atoms in total. The van der Waals surface area contributed by atoms with Crippen molar-refractivity contribution in [2.24, 2.45) is 11.8 Å². The minimum absolute atomic E-state index is 0.192. The lowest BCUT2D eigenvalue weighted by molar-refractivity contribution is 0.0130. The molecule has 1 fully saturated rings. The van der Waals surface area contributed by atoms with Crippen molar-refractivity contribution in [1.82, 2.24) is 9.62 Å². The Hall–Kier alpha value is -0.460. The summed E-state index contributed by atoms with van der Waals surface area (Å²) in [6, 6.07) is 0.212. The van der Waals surface area contributed by atoms with Crippen LogP contribution in [0.5, 0.6) is 0 Å². The van der Waals surface area contributed by atoms with Gasteiger partial charge in [0.2, 0.25) is 0 Å². The monoisotopic (exact) mass is 402 g/mol. The summed E-state index contributed by atoms with van der Waals surface area (Å²) in [6.45, 7) is 21.0. The van der Waals surface area contributed by atoms with Crippen molar-refractivity contribution >= 4 is 17.5 Å². The molecular formula is C21H42N2O3S. The van der Waals surface area contributed by atoms with Crippen LogP contribution in [0.15, 0.2) is 0 Å². The maximum Gasteiger partial charge on any atom is 0.410 e. The first-order valence-corrected chi connectivity index (χ1v) is 11.4. The molecule has 0 saturated carbocycles. The number of carbonyl (C=O) groups excluding carboxylic acids is 1. The molecule has 0 spiro atoms. The third kappa shape index (κ3) is 7.82. The smallest absolute Gasteiger partial charge is 0.410 e. The molecule has 1 rings (SSSR count). The van der Waals surface area contributed by atoms with Crippen LogP contribution in [0.4, 0.5) is 4.79 Å². The molecule has 0 radical (unpaired) electrons. The van der Waals surface area contributed by atoms with Gasteiger partial charge in [-0.05, 0) is 86.5 Å². The van der Waals surface area contributed by atoms with Crippen molar-refractivity contribution in [3.05, 3.63) is 0 Å². The van der Waals surface area contributed by atoms with Gasteiger partial charge in [0.25, 0.3) is 0 Å². The summed E-state index contributed by atoms with van der Waals surface area (Å²) in [6.07, 6.45) is 2.73. The van der Waals surface area contributed by atoms with Crippen LogP contribution < -0.4 is 4.72 Å². The third-order valence-electron chi connectivity index (χ3n) is 5.08. The van der Waals surface area contributed by atoms with Gasteiger partial charge in [0.1, 0.15) is 10.3 Å². The average Bonchev–Trinajstić information content (AvgIpc) is 2.74. The van der Waals surface area contributed by atoms with Crippen LogP contribution in [-0.2, 0) is 16.1 Å². The van der Waals surface area contributed by atoms with Crippen molar-refractivity contribution in [3.63, 3.8) is 0 Å². The van der Waals surface area contributed by atoms with E-state index in [-0.39, 0.29) is 22.4 Å². The van der Waals surface area contributed by atoms with Crippen LogP contribution in [0.2, 0.25) is 0 Å². The van der Waals surface area contributed by atoms with Crippen LogP contribution in [-0.4, -0.2) is 44.0 Å². The van der Waals surface area contributed by atoms with E-state index in [4.69, 9.17) is 4.74 Å². The molecule has 0 aromatic heterocycles. The number of hydrogen-bond donors (Lipinski definition) is 1. The summed E-state index contributed by atoms with van der Waals surface area (Å²) >= 11 is -1.07. The second-order valence-corrected chi connectivity index (χ2v) is 12.9. The maximum atomic E-state index is 12.6. The molecule has 160 valence electrons. The molecule has 27 heavy (non-hydrogen) atoms. The largest absolute Gasteiger partial charge is 0.598 e. The summed E-state index contributed by atoms with van der Waals surface area (Å²) in [5, 5.41) is 0. The Bertz CT molecular complexity index is 495. The van der Waals surface area contributed by atoms with E-state index in [1.165, 1.54) is 0 Å². The molecule has 0 aromatic carbocycles. The molecule has 6 heteroatoms. The van der Waals surface area contributed by atoms with Gasteiger partial charge in [-0.2, -0.15) is 0 Å². The molecule has 1 heterocycles. The minimum atomic E-state index is -1.07. The predicted molar refractivity (Wildman–Crippen MR) is 114 cm³/mol. The van der Waals surface area contributed by atoms with Gasteiger partial charge in [0.05, 0.1) is 6.04 Å². The SMILES string of the molecule is CC(C)C(CC[C@@H]1CN(C(=O)OC(C)(C)C)C(C)(C)C1)N[S+]([O-])C(C)(C)C. The normalized spacial score (nSPS) is 22.8. The van der Waals surface area contributed by atoms with Crippen LogP contribution in [0, 0.1) is 11.8 Å². The number of nitrogens with one attached hydrogen (secondary N) is 1. The highest BCUT2D eigenvalue weighted by Crippen LogP contribution is 2.36. The molecule has 1 aliphatic heterocycles. The van der Waals surface area contributed by atoms with E-state index in [0.29, 0.717) is 11.8 Å². The summed E-state index contributed by atoms with van der Waals surface area (Å²) in [4.78, 5) is 14.5. The Kier molecular flexibility index (Phi) is 8.11. The quantitative estimate of drug-likeness (QED) is 0.643. The standard InChI is InChI=1S/C21H42N2O3S/c1-15(2)17(22-27(25)20(6,7)8)12-11-16-13-21(9,10)23(14-16)18(24)26-19(3,4)5/h15-17,22H,11-14H2,1-10H3/t16-,17?,27?/m0/s1. The highest BCUT2D eigenvalue weighted by Gasteiger charge is 2.43. The van der Waals surface area contributed by atoms with Crippen molar-refractivity contribution in [2.45, 2.75) is 110 Å². The van der Waals surface area contributed by atoms with E-state index in [0.717, 1.165) is 25.8 Å². The first-order chi connectivity index (χ1) is 12.0. The van der Waals surface area contributed by atoms with Crippen LogP contribution in [0.25, 0.3) is 0 Å². The molecule has 2 unspecified atom stereocenters. The first kappa shape index (κ1) is 24.6. The molecular weight excluding hydrogens is 360 g/mol. The van der Waals surface area contributed by atoms with Gasteiger partial charge >= 0.3 is 6.09 Å². The fourth-order valence-corrected chi connectivity index (χ4v) is 4.49. The highest BCUT2D eigenvalue weighted by atomic mass is 32.2. The van der Waals surface area contributed by atoms with Gasteiger partial charge in [-0.1, -0.05) is 13.8 Å². The Morgan fingerprint density at radius 2 is 1.81 bits per heavy atom. The number of amides is 1. The minimum Gasteiger partial charge on any atom is -0.598 e. The predicted octanol–water partition coefficient (Wildman–Crippen LogP) is 4.88. The second-order valence-electron chi connectivity index (χ2n) is 10.9. The van der Waals surface area contributed by atoms with Crippen molar-refractivity contribution in [1.29, 1.82) is 0 Å². The van der Waals surface area contributed by atoms with Crippen LogP contribution in [0.3, 0.4) is 0 Å². The molecule has 1 N–H and O–H groups in total. The molecule has 0 aliphatic carbocycles. The number of rotatable bonds is 6. The van der Waals surface area contributed by atoms with Gasteiger partial charge in [0, 0.05) is 23.4 Å². The second kappa shape index (κ2) is 8.91. The molecule has 3 atom stereocenters. The van der Waals surface area contributed by atoms with Crippen LogP contribution >= 0.6 is 0 Å². The molecule has 1 amide bonds. The van der Waals surface area contributed by atoms with E-state index in [1.807, 2.05) is 46.4 Å². The summed E-state index contributed by atoms with van der Waals surface area (Å²) < 4.78 is 21.1. The van der Waals surface area contributed by atoms with Crippen molar-refractivity contribution in [3.8, 4) is 0 Å². The fraction of sp³-hybridized carbons (Fsp3) is 0.952. The zero-order valence-corrected chi connectivity index (χ0v) is 20.0. The first-order valence-electron chi connectivity index (χ1n) is 10.2. The zero-order valence-electron chi connectivity index (χ0n) is 19.1. The van der Waals surface area contributed by atoms with Gasteiger partial charge in [-0.15, -0.1) is 4.72 Å². The maximum absolute atomic E-state index is 12.6. The summed E-state index contributed by atoms with van der Waals surface area (Å²) in [5.74, 6) is 0.853. The summed E-state index contributed by atoms with van der Waals surface area (Å²) in [7, 11) is 0. The summed E-state index contributed by atoms with van der Waals surface area (Å²) in [5.41, 5.74) is -0.670. The lowest BCUT2D eigenvalue weighted by atomic mass is 9.90. The molecule has 0 aromatic rings.